The Kier molecular flexibility index (Phi) is 6.90. The van der Waals surface area contributed by atoms with Crippen molar-refractivity contribution < 1.29 is 22.4 Å². The van der Waals surface area contributed by atoms with Gasteiger partial charge in [0.15, 0.2) is 0 Å². The molecule has 4 aromatic rings. The lowest BCUT2D eigenvalue weighted by Gasteiger charge is -2.21. The number of aromatic amines is 1. The Morgan fingerprint density at radius 3 is 2.46 bits per heavy atom. The third-order valence-electron chi connectivity index (χ3n) is 5.89. The number of carbonyl (C=O) groups is 1. The van der Waals surface area contributed by atoms with E-state index in [1.165, 1.54) is 34.8 Å². The van der Waals surface area contributed by atoms with Crippen LogP contribution in [0.25, 0.3) is 10.9 Å². The molecule has 0 aliphatic heterocycles. The predicted molar refractivity (Wildman–Crippen MR) is 132 cm³/mol. The average Bonchev–Trinajstić information content (AvgIpc) is 3.35. The number of esters is 1. The van der Waals surface area contributed by atoms with Crippen LogP contribution in [0, 0.1) is 13.8 Å². The van der Waals surface area contributed by atoms with Gasteiger partial charge in [-0.15, -0.1) is 0 Å². The molecule has 4 rings (SSSR count). The first-order chi connectivity index (χ1) is 16.7. The van der Waals surface area contributed by atoms with E-state index in [1.807, 2.05) is 26.0 Å². The zero-order chi connectivity index (χ0) is 25.2. The van der Waals surface area contributed by atoms with Gasteiger partial charge in [-0.25, -0.2) is 13.2 Å². The van der Waals surface area contributed by atoms with Crippen molar-refractivity contribution in [2.75, 3.05) is 6.61 Å². The number of nitrogens with zero attached hydrogens (tertiary/aromatic N) is 1. The Morgan fingerprint density at radius 1 is 1.06 bits per heavy atom. The molecule has 0 saturated carbocycles. The maximum Gasteiger partial charge on any atom is 0.338 e. The number of aromatic nitrogens is 1. The highest BCUT2D eigenvalue weighted by Crippen LogP contribution is 2.24. The molecule has 0 atom stereocenters. The van der Waals surface area contributed by atoms with Gasteiger partial charge in [0.25, 0.3) is 5.56 Å². The van der Waals surface area contributed by atoms with Gasteiger partial charge < -0.3 is 14.1 Å². The van der Waals surface area contributed by atoms with Gasteiger partial charge in [-0.05, 0) is 79.7 Å². The van der Waals surface area contributed by atoms with Crippen LogP contribution >= 0.6 is 0 Å². The maximum atomic E-state index is 13.6. The van der Waals surface area contributed by atoms with Crippen molar-refractivity contribution in [3.05, 3.63) is 99.2 Å². The van der Waals surface area contributed by atoms with Crippen LogP contribution in [0.1, 0.15) is 39.7 Å². The fourth-order valence-corrected chi connectivity index (χ4v) is 5.19. The van der Waals surface area contributed by atoms with E-state index < -0.39 is 16.0 Å². The summed E-state index contributed by atoms with van der Waals surface area (Å²) in [6.45, 7) is 5.57. The summed E-state index contributed by atoms with van der Waals surface area (Å²) in [5.41, 5.74) is 2.94. The summed E-state index contributed by atoms with van der Waals surface area (Å²) < 4.78 is 38.7. The Labute approximate surface area is 203 Å². The minimum atomic E-state index is -4.05. The van der Waals surface area contributed by atoms with Gasteiger partial charge in [0.2, 0.25) is 10.0 Å². The van der Waals surface area contributed by atoms with E-state index in [1.54, 1.807) is 25.1 Å². The quantitative estimate of drug-likeness (QED) is 0.366. The lowest BCUT2D eigenvalue weighted by Crippen LogP contribution is -2.32. The van der Waals surface area contributed by atoms with E-state index in [4.69, 9.17) is 9.15 Å². The van der Waals surface area contributed by atoms with Gasteiger partial charge >= 0.3 is 5.97 Å². The normalized spacial score (nSPS) is 11.8. The predicted octanol–water partition coefficient (Wildman–Crippen LogP) is 4.31. The first-order valence-electron chi connectivity index (χ1n) is 11.1. The lowest BCUT2D eigenvalue weighted by molar-refractivity contribution is 0.0526. The van der Waals surface area contributed by atoms with Crippen LogP contribution in [0.4, 0.5) is 0 Å². The Bertz CT molecular complexity index is 1520. The highest BCUT2D eigenvalue weighted by molar-refractivity contribution is 7.89. The molecule has 9 heteroatoms. The summed E-state index contributed by atoms with van der Waals surface area (Å²) >= 11 is 0. The molecule has 0 unspecified atom stereocenters. The van der Waals surface area contributed by atoms with Crippen LogP contribution in [0.2, 0.25) is 0 Å². The number of fused-ring (bicyclic) bond motifs is 1. The van der Waals surface area contributed by atoms with Gasteiger partial charge in [-0.2, -0.15) is 4.31 Å². The smallest absolute Gasteiger partial charge is 0.338 e. The molecule has 0 radical (unpaired) electrons. The number of rotatable bonds is 8. The third-order valence-corrected chi connectivity index (χ3v) is 7.70. The highest BCUT2D eigenvalue weighted by Gasteiger charge is 2.27. The molecular formula is C26H26N2O6S. The number of carbonyl (C=O) groups excluding carboxylic acids is 1. The van der Waals surface area contributed by atoms with Crippen LogP contribution in [0.3, 0.4) is 0 Å². The van der Waals surface area contributed by atoms with Crippen molar-refractivity contribution in [3.8, 4) is 0 Å². The number of hydrogen-bond donors (Lipinski definition) is 1. The molecule has 0 spiro atoms. The summed E-state index contributed by atoms with van der Waals surface area (Å²) in [4.78, 5) is 27.8. The van der Waals surface area contributed by atoms with Gasteiger partial charge in [-0.3, -0.25) is 4.79 Å². The molecule has 0 bridgehead atoms. The number of H-pyrrole nitrogens is 1. The average molecular weight is 495 g/mol. The first-order valence-corrected chi connectivity index (χ1v) is 12.6. The molecule has 182 valence electrons. The van der Waals surface area contributed by atoms with Crippen LogP contribution in [0.15, 0.2) is 75.0 Å². The van der Waals surface area contributed by atoms with Crippen molar-refractivity contribution in [2.45, 2.75) is 38.8 Å². The van der Waals surface area contributed by atoms with E-state index in [9.17, 15) is 18.0 Å². The summed E-state index contributed by atoms with van der Waals surface area (Å²) in [5, 5.41) is 0.817. The Hall–Kier alpha value is -3.69. The summed E-state index contributed by atoms with van der Waals surface area (Å²) in [6.07, 6.45) is 1.46. The second kappa shape index (κ2) is 9.89. The molecule has 2 aromatic heterocycles. The number of ether oxygens (including phenoxy) is 1. The van der Waals surface area contributed by atoms with Crippen LogP contribution in [-0.2, 0) is 27.8 Å². The number of pyridine rings is 1. The van der Waals surface area contributed by atoms with Crippen LogP contribution < -0.4 is 5.56 Å². The second-order valence-corrected chi connectivity index (χ2v) is 10.1. The monoisotopic (exact) mass is 494 g/mol. The number of sulfonamides is 1. The molecule has 0 aliphatic rings. The zero-order valence-corrected chi connectivity index (χ0v) is 20.5. The van der Waals surface area contributed by atoms with Crippen molar-refractivity contribution in [1.29, 1.82) is 0 Å². The number of furan rings is 1. The molecule has 0 saturated heterocycles. The molecular weight excluding hydrogens is 468 g/mol. The minimum absolute atomic E-state index is 0.0132. The molecule has 0 aliphatic carbocycles. The number of hydrogen-bond acceptors (Lipinski definition) is 6. The largest absolute Gasteiger partial charge is 0.468 e. The van der Waals surface area contributed by atoms with Gasteiger partial charge in [0, 0.05) is 12.1 Å². The van der Waals surface area contributed by atoms with Crippen molar-refractivity contribution in [1.82, 2.24) is 9.29 Å². The molecule has 8 nitrogen and oxygen atoms in total. The molecule has 1 N–H and O–H groups in total. The minimum Gasteiger partial charge on any atom is -0.468 e. The van der Waals surface area contributed by atoms with Crippen LogP contribution in [0.5, 0.6) is 0 Å². The van der Waals surface area contributed by atoms with E-state index in [0.717, 1.165) is 22.0 Å². The maximum absolute atomic E-state index is 13.6. The number of aryl methyl sites for hydroxylation is 2. The van der Waals surface area contributed by atoms with E-state index in [2.05, 4.69) is 4.98 Å². The molecule has 2 aromatic carbocycles. The third kappa shape index (κ3) is 5.06. The summed E-state index contributed by atoms with van der Waals surface area (Å²) in [7, 11) is -4.05. The Morgan fingerprint density at radius 2 is 1.80 bits per heavy atom. The number of nitrogens with one attached hydrogen (secondary N) is 1. The fraction of sp³-hybridized carbons (Fsp3) is 0.231. The standard InChI is InChI=1S/C26H26N2O6S/c1-4-33-26(30)19-9-11-23(12-10-19)35(31,32)28(16-22-6-5-13-34-22)15-21-14-20-8-7-17(2)18(3)24(20)27-25(21)29/h5-14H,4,15-16H2,1-3H3,(H,27,29). The van der Waals surface area contributed by atoms with Gasteiger partial charge in [-0.1, -0.05) is 12.1 Å². The molecule has 2 heterocycles. The zero-order valence-electron chi connectivity index (χ0n) is 19.7. The van der Waals surface area contributed by atoms with Crippen LogP contribution in [-0.4, -0.2) is 30.3 Å². The van der Waals surface area contributed by atoms with Crippen molar-refractivity contribution in [3.63, 3.8) is 0 Å². The molecule has 0 fully saturated rings. The lowest BCUT2D eigenvalue weighted by atomic mass is 10.0. The first kappa shape index (κ1) is 24.4. The highest BCUT2D eigenvalue weighted by atomic mass is 32.2. The molecule has 35 heavy (non-hydrogen) atoms. The second-order valence-electron chi connectivity index (χ2n) is 8.19. The fourth-order valence-electron chi connectivity index (χ4n) is 3.81. The topological polar surface area (TPSA) is 110 Å². The van der Waals surface area contributed by atoms with Crippen molar-refractivity contribution in [2.24, 2.45) is 0 Å². The van der Waals surface area contributed by atoms with Gasteiger partial charge in [0.1, 0.15) is 5.76 Å². The summed E-state index contributed by atoms with van der Waals surface area (Å²) in [5.74, 6) is -0.0995. The summed E-state index contributed by atoms with van der Waals surface area (Å²) in [6, 6.07) is 14.4. The van der Waals surface area contributed by atoms with E-state index in [0.29, 0.717) is 11.3 Å². The molecule has 0 amide bonds. The van der Waals surface area contributed by atoms with Crippen molar-refractivity contribution >= 4 is 26.9 Å². The van der Waals surface area contributed by atoms with Gasteiger partial charge in [0.05, 0.1) is 35.4 Å². The van der Waals surface area contributed by atoms with E-state index >= 15 is 0 Å². The number of benzene rings is 2. The SMILES string of the molecule is CCOC(=O)c1ccc(S(=O)(=O)N(Cc2ccco2)Cc2cc3ccc(C)c(C)c3[nH]c2=O)cc1. The van der Waals surface area contributed by atoms with E-state index in [-0.39, 0.29) is 35.7 Å². The Balaban J connectivity index is 1.72.